The molecule has 0 aliphatic heterocycles. The number of aryl methyl sites for hydroxylation is 1. The third kappa shape index (κ3) is 2.23. The predicted molar refractivity (Wildman–Crippen MR) is 82.7 cm³/mol. The van der Waals surface area contributed by atoms with Gasteiger partial charge in [0.05, 0.1) is 22.5 Å². The van der Waals surface area contributed by atoms with Crippen molar-refractivity contribution in [1.82, 2.24) is 14.6 Å². The molecule has 0 atom stereocenters. The van der Waals surface area contributed by atoms with Crippen LogP contribution in [0.3, 0.4) is 0 Å². The zero-order chi connectivity index (χ0) is 15.0. The van der Waals surface area contributed by atoms with Crippen molar-refractivity contribution in [3.05, 3.63) is 46.7 Å². The summed E-state index contributed by atoms with van der Waals surface area (Å²) in [5.74, 6) is -0.957. The van der Waals surface area contributed by atoms with Gasteiger partial charge in [-0.1, -0.05) is 12.1 Å². The number of carboxylic acid groups (broad SMARTS) is 1. The highest BCUT2D eigenvalue weighted by Crippen LogP contribution is 2.33. The highest BCUT2D eigenvalue weighted by atomic mass is 32.1. The van der Waals surface area contributed by atoms with Crippen LogP contribution in [0, 0.1) is 6.92 Å². The first-order valence-electron chi connectivity index (χ1n) is 6.43. The van der Waals surface area contributed by atoms with Gasteiger partial charge in [0.15, 0.2) is 0 Å². The number of rotatable bonds is 3. The van der Waals surface area contributed by atoms with Crippen LogP contribution in [0.25, 0.3) is 22.2 Å². The van der Waals surface area contributed by atoms with Crippen molar-refractivity contribution in [2.45, 2.75) is 13.8 Å². The van der Waals surface area contributed by atoms with E-state index in [1.54, 1.807) is 16.7 Å². The number of pyridine rings is 1. The van der Waals surface area contributed by atoms with Crippen molar-refractivity contribution in [3.63, 3.8) is 0 Å². The van der Waals surface area contributed by atoms with Gasteiger partial charge in [-0.15, -0.1) is 11.3 Å². The molecule has 3 aromatic heterocycles. The van der Waals surface area contributed by atoms with Crippen LogP contribution in [-0.2, 0) is 0 Å². The molecule has 3 heterocycles. The maximum Gasteiger partial charge on any atom is 0.348 e. The molecule has 6 heteroatoms. The number of aromatic nitrogens is 3. The second-order valence-electron chi connectivity index (χ2n) is 4.53. The highest BCUT2D eigenvalue weighted by Gasteiger charge is 2.20. The highest BCUT2D eigenvalue weighted by molar-refractivity contribution is 7.17. The number of fused-ring (bicyclic) bond motifs is 1. The Hall–Kier alpha value is -2.47. The summed E-state index contributed by atoms with van der Waals surface area (Å²) in [5.41, 5.74) is 3.13. The Kier molecular flexibility index (Phi) is 3.31. The summed E-state index contributed by atoms with van der Waals surface area (Å²) in [5, 5.41) is 14.4. The summed E-state index contributed by atoms with van der Waals surface area (Å²) in [6, 6.07) is 5.78. The Morgan fingerprint density at radius 1 is 1.43 bits per heavy atom. The molecule has 0 saturated carbocycles. The number of carboxylic acids is 1. The van der Waals surface area contributed by atoms with Crippen LogP contribution in [-0.4, -0.2) is 25.7 Å². The summed E-state index contributed by atoms with van der Waals surface area (Å²) in [6.45, 7) is 3.74. The maximum atomic E-state index is 11.3. The normalized spacial score (nSPS) is 11.5. The van der Waals surface area contributed by atoms with Crippen molar-refractivity contribution >= 4 is 28.9 Å². The Balaban J connectivity index is 2.26. The third-order valence-electron chi connectivity index (χ3n) is 3.10. The van der Waals surface area contributed by atoms with Crippen molar-refractivity contribution in [2.75, 3.05) is 0 Å². The average Bonchev–Trinajstić information content (AvgIpc) is 2.99. The minimum absolute atomic E-state index is 0.248. The standard InChI is InChI=1S/C15H13N3O2S/c1-3-6-10-13(15(19)20)21-14(16-10)12-9(2)17-18-8-5-4-7-11(12)18/h3-8H,1-2H3,(H,19,20). The molecule has 3 rings (SSSR count). The topological polar surface area (TPSA) is 67.5 Å². The fourth-order valence-corrected chi connectivity index (χ4v) is 3.24. The first kappa shape index (κ1) is 13.5. The van der Waals surface area contributed by atoms with Crippen molar-refractivity contribution in [1.29, 1.82) is 0 Å². The number of nitrogens with zero attached hydrogens (tertiary/aromatic N) is 3. The minimum Gasteiger partial charge on any atom is -0.477 e. The van der Waals surface area contributed by atoms with E-state index in [1.807, 2.05) is 38.2 Å². The first-order chi connectivity index (χ1) is 10.1. The minimum atomic E-state index is -0.957. The molecule has 0 fully saturated rings. The summed E-state index contributed by atoms with van der Waals surface area (Å²) < 4.78 is 1.78. The van der Waals surface area contributed by atoms with Gasteiger partial charge in [-0.3, -0.25) is 0 Å². The lowest BCUT2D eigenvalue weighted by atomic mass is 10.2. The van der Waals surface area contributed by atoms with Gasteiger partial charge in [-0.05, 0) is 32.1 Å². The quantitative estimate of drug-likeness (QED) is 0.803. The largest absolute Gasteiger partial charge is 0.477 e. The van der Waals surface area contributed by atoms with Gasteiger partial charge >= 0.3 is 5.97 Å². The van der Waals surface area contributed by atoms with Gasteiger partial charge in [0.1, 0.15) is 9.88 Å². The van der Waals surface area contributed by atoms with Crippen molar-refractivity contribution in [3.8, 4) is 10.6 Å². The lowest BCUT2D eigenvalue weighted by molar-refractivity contribution is 0.0701. The first-order valence-corrected chi connectivity index (χ1v) is 7.24. The average molecular weight is 299 g/mol. The molecular weight excluding hydrogens is 286 g/mol. The van der Waals surface area contributed by atoms with E-state index in [1.165, 1.54) is 11.3 Å². The summed E-state index contributed by atoms with van der Waals surface area (Å²) >= 11 is 1.18. The zero-order valence-electron chi connectivity index (χ0n) is 11.6. The number of thiazole rings is 1. The molecule has 0 saturated heterocycles. The molecule has 5 nitrogen and oxygen atoms in total. The summed E-state index contributed by atoms with van der Waals surface area (Å²) in [4.78, 5) is 16.1. The number of allylic oxidation sites excluding steroid dienone is 1. The number of hydrogen-bond acceptors (Lipinski definition) is 4. The molecule has 0 aliphatic carbocycles. The second-order valence-corrected chi connectivity index (χ2v) is 5.53. The number of carbonyl (C=O) groups is 1. The number of hydrogen-bond donors (Lipinski definition) is 1. The van der Waals surface area contributed by atoms with Gasteiger partial charge < -0.3 is 5.11 Å². The molecule has 1 N–H and O–H groups in total. The zero-order valence-corrected chi connectivity index (χ0v) is 12.4. The molecule has 0 unspecified atom stereocenters. The van der Waals surface area contributed by atoms with Gasteiger partial charge in [0.25, 0.3) is 0 Å². The second kappa shape index (κ2) is 5.14. The molecule has 3 aromatic rings. The Bertz CT molecular complexity index is 861. The molecule has 21 heavy (non-hydrogen) atoms. The Morgan fingerprint density at radius 3 is 2.95 bits per heavy atom. The van der Waals surface area contributed by atoms with Gasteiger partial charge in [-0.25, -0.2) is 14.3 Å². The van der Waals surface area contributed by atoms with Crippen LogP contribution in [0.1, 0.15) is 28.0 Å². The van der Waals surface area contributed by atoms with E-state index in [0.717, 1.165) is 16.8 Å². The molecule has 106 valence electrons. The summed E-state index contributed by atoms with van der Waals surface area (Å²) in [7, 11) is 0. The van der Waals surface area contributed by atoms with Crippen LogP contribution in [0.2, 0.25) is 0 Å². The van der Waals surface area contributed by atoms with E-state index >= 15 is 0 Å². The lowest BCUT2D eigenvalue weighted by Crippen LogP contribution is -1.94. The van der Waals surface area contributed by atoms with Crippen molar-refractivity contribution in [2.24, 2.45) is 0 Å². The van der Waals surface area contributed by atoms with E-state index in [0.29, 0.717) is 10.7 Å². The van der Waals surface area contributed by atoms with Crippen LogP contribution < -0.4 is 0 Å². The van der Waals surface area contributed by atoms with Crippen LogP contribution >= 0.6 is 11.3 Å². The molecular formula is C15H13N3O2S. The molecule has 0 amide bonds. The van der Waals surface area contributed by atoms with Gasteiger partial charge in [0.2, 0.25) is 0 Å². The number of aromatic carboxylic acids is 1. The summed E-state index contributed by atoms with van der Waals surface area (Å²) in [6.07, 6.45) is 5.36. The lowest BCUT2D eigenvalue weighted by Gasteiger charge is -1.94. The van der Waals surface area contributed by atoms with E-state index < -0.39 is 5.97 Å². The fraction of sp³-hybridized carbons (Fsp3) is 0.133. The van der Waals surface area contributed by atoms with Gasteiger partial charge in [0, 0.05) is 6.20 Å². The van der Waals surface area contributed by atoms with Crippen LogP contribution in [0.4, 0.5) is 0 Å². The molecule has 0 spiro atoms. The van der Waals surface area contributed by atoms with E-state index in [4.69, 9.17) is 0 Å². The monoisotopic (exact) mass is 299 g/mol. The third-order valence-corrected chi connectivity index (χ3v) is 4.18. The van der Waals surface area contributed by atoms with Crippen LogP contribution in [0.5, 0.6) is 0 Å². The SMILES string of the molecule is CC=Cc1nc(-c2c(C)nn3ccccc23)sc1C(=O)O. The van der Waals surface area contributed by atoms with Crippen LogP contribution in [0.15, 0.2) is 30.5 Å². The molecule has 0 aromatic carbocycles. The fourth-order valence-electron chi connectivity index (χ4n) is 2.24. The molecule has 0 bridgehead atoms. The smallest absolute Gasteiger partial charge is 0.348 e. The van der Waals surface area contributed by atoms with E-state index in [9.17, 15) is 9.90 Å². The molecule has 0 radical (unpaired) electrons. The Labute approximate surface area is 125 Å². The van der Waals surface area contributed by atoms with E-state index in [2.05, 4.69) is 10.1 Å². The molecule has 0 aliphatic rings. The van der Waals surface area contributed by atoms with Crippen molar-refractivity contribution < 1.29 is 9.90 Å². The van der Waals surface area contributed by atoms with Gasteiger partial charge in [-0.2, -0.15) is 5.10 Å². The van der Waals surface area contributed by atoms with E-state index in [-0.39, 0.29) is 4.88 Å². The maximum absolute atomic E-state index is 11.3. The Morgan fingerprint density at radius 2 is 2.24 bits per heavy atom. The predicted octanol–water partition coefficient (Wildman–Crippen LogP) is 3.50.